The molecule has 1 heteroatoms. The highest BCUT2D eigenvalue weighted by atomic mass is 14.9. The number of rotatable bonds is 6. The first-order chi connectivity index (χ1) is 8.29. The zero-order valence-electron chi connectivity index (χ0n) is 11.2. The summed E-state index contributed by atoms with van der Waals surface area (Å²) >= 11 is 0. The molecule has 1 nitrogen and oxygen atoms in total. The summed E-state index contributed by atoms with van der Waals surface area (Å²) in [5.74, 6) is 1.01. The van der Waals surface area contributed by atoms with Gasteiger partial charge in [0, 0.05) is 6.04 Å². The predicted molar refractivity (Wildman–Crippen MR) is 74.2 cm³/mol. The molecule has 1 saturated carbocycles. The molecule has 0 bridgehead atoms. The molecule has 0 spiro atoms. The van der Waals surface area contributed by atoms with Crippen molar-refractivity contribution in [3.63, 3.8) is 0 Å². The van der Waals surface area contributed by atoms with Crippen molar-refractivity contribution in [2.24, 2.45) is 5.92 Å². The first-order valence-electron chi connectivity index (χ1n) is 7.12. The predicted octanol–water partition coefficient (Wildman–Crippen LogP) is 4.09. The third-order valence-corrected chi connectivity index (χ3v) is 4.12. The summed E-state index contributed by atoms with van der Waals surface area (Å²) in [7, 11) is 0. The van der Waals surface area contributed by atoms with Crippen molar-refractivity contribution in [2.45, 2.75) is 52.0 Å². The van der Waals surface area contributed by atoms with Gasteiger partial charge in [0.05, 0.1) is 0 Å². The Morgan fingerprint density at radius 2 is 1.94 bits per heavy atom. The van der Waals surface area contributed by atoms with E-state index in [2.05, 4.69) is 43.4 Å². The van der Waals surface area contributed by atoms with Gasteiger partial charge in [0.1, 0.15) is 0 Å². The van der Waals surface area contributed by atoms with Gasteiger partial charge in [0.2, 0.25) is 0 Å². The van der Waals surface area contributed by atoms with Gasteiger partial charge in [-0.25, -0.2) is 0 Å². The van der Waals surface area contributed by atoms with E-state index in [1.807, 2.05) is 0 Å². The Balaban J connectivity index is 1.75. The molecule has 1 aliphatic rings. The molecule has 0 aliphatic heterocycles. The van der Waals surface area contributed by atoms with Crippen molar-refractivity contribution in [1.29, 1.82) is 0 Å². The van der Waals surface area contributed by atoms with E-state index >= 15 is 0 Å². The minimum absolute atomic E-state index is 0.487. The summed E-state index contributed by atoms with van der Waals surface area (Å²) < 4.78 is 0. The van der Waals surface area contributed by atoms with Crippen LogP contribution >= 0.6 is 0 Å². The standard InChI is InChI=1S/C16H25N/c1-3-14-7-9-16(10-8-14)13(2)17-12-11-15-5-4-6-15/h7-10,13,15,17H,3-6,11-12H2,1-2H3. The monoisotopic (exact) mass is 231 g/mol. The fraction of sp³-hybridized carbons (Fsp3) is 0.625. The van der Waals surface area contributed by atoms with Gasteiger partial charge in [-0.15, -0.1) is 0 Å². The smallest absolute Gasteiger partial charge is 0.0291 e. The van der Waals surface area contributed by atoms with E-state index < -0.39 is 0 Å². The molecular weight excluding hydrogens is 206 g/mol. The van der Waals surface area contributed by atoms with Crippen LogP contribution in [0, 0.1) is 5.92 Å². The molecule has 0 saturated heterocycles. The highest BCUT2D eigenvalue weighted by molar-refractivity contribution is 5.24. The van der Waals surface area contributed by atoms with E-state index in [1.54, 1.807) is 0 Å². The first kappa shape index (κ1) is 12.6. The number of nitrogens with one attached hydrogen (secondary N) is 1. The summed E-state index contributed by atoms with van der Waals surface area (Å²) in [4.78, 5) is 0. The van der Waals surface area contributed by atoms with Gasteiger partial charge in [-0.1, -0.05) is 50.5 Å². The van der Waals surface area contributed by atoms with Crippen molar-refractivity contribution in [1.82, 2.24) is 5.32 Å². The van der Waals surface area contributed by atoms with Crippen LogP contribution in [0.25, 0.3) is 0 Å². The second kappa shape index (κ2) is 6.20. The molecule has 94 valence electrons. The molecule has 0 radical (unpaired) electrons. The molecule has 0 amide bonds. The maximum atomic E-state index is 3.64. The van der Waals surface area contributed by atoms with Crippen molar-refractivity contribution in [3.8, 4) is 0 Å². The van der Waals surface area contributed by atoms with Crippen LogP contribution in [0.2, 0.25) is 0 Å². The Kier molecular flexibility index (Phi) is 4.61. The summed E-state index contributed by atoms with van der Waals surface area (Å²) in [6.07, 6.45) is 6.86. The molecule has 1 aromatic carbocycles. The molecule has 1 unspecified atom stereocenters. The van der Waals surface area contributed by atoms with Crippen LogP contribution < -0.4 is 5.32 Å². The lowest BCUT2D eigenvalue weighted by molar-refractivity contribution is 0.288. The fourth-order valence-corrected chi connectivity index (χ4v) is 2.45. The number of benzene rings is 1. The number of aryl methyl sites for hydroxylation is 1. The maximum absolute atomic E-state index is 3.64. The van der Waals surface area contributed by atoms with Crippen molar-refractivity contribution in [2.75, 3.05) is 6.54 Å². The Labute approximate surface area is 106 Å². The normalized spacial score (nSPS) is 17.8. The van der Waals surface area contributed by atoms with E-state index in [4.69, 9.17) is 0 Å². The summed E-state index contributed by atoms with van der Waals surface area (Å²) in [5.41, 5.74) is 2.84. The molecule has 2 rings (SSSR count). The SMILES string of the molecule is CCc1ccc(C(C)NCCC2CCC2)cc1. The summed E-state index contributed by atoms with van der Waals surface area (Å²) in [6.45, 7) is 5.64. The van der Waals surface area contributed by atoms with Gasteiger partial charge < -0.3 is 5.32 Å². The average molecular weight is 231 g/mol. The van der Waals surface area contributed by atoms with E-state index in [1.165, 1.54) is 43.4 Å². The number of hydrogen-bond donors (Lipinski definition) is 1. The second-order valence-electron chi connectivity index (χ2n) is 5.36. The van der Waals surface area contributed by atoms with Crippen LogP contribution in [0.5, 0.6) is 0 Å². The molecule has 17 heavy (non-hydrogen) atoms. The molecule has 1 aromatic rings. The largest absolute Gasteiger partial charge is 0.310 e. The molecule has 1 atom stereocenters. The maximum Gasteiger partial charge on any atom is 0.0291 e. The quantitative estimate of drug-likeness (QED) is 0.777. The molecule has 0 aromatic heterocycles. The third-order valence-electron chi connectivity index (χ3n) is 4.12. The first-order valence-corrected chi connectivity index (χ1v) is 7.12. The molecule has 1 aliphatic carbocycles. The lowest BCUT2D eigenvalue weighted by Crippen LogP contribution is -2.24. The lowest BCUT2D eigenvalue weighted by atomic mass is 9.83. The van der Waals surface area contributed by atoms with Gasteiger partial charge in [-0.2, -0.15) is 0 Å². The Bertz CT molecular complexity index is 324. The van der Waals surface area contributed by atoms with Gasteiger partial charge in [0.25, 0.3) is 0 Å². The molecule has 1 fully saturated rings. The van der Waals surface area contributed by atoms with Crippen LogP contribution in [0.15, 0.2) is 24.3 Å². The Morgan fingerprint density at radius 3 is 2.47 bits per heavy atom. The van der Waals surface area contributed by atoms with Gasteiger partial charge >= 0.3 is 0 Å². The van der Waals surface area contributed by atoms with Gasteiger partial charge in [-0.05, 0) is 43.4 Å². The highest BCUT2D eigenvalue weighted by Crippen LogP contribution is 2.29. The Hall–Kier alpha value is -0.820. The van der Waals surface area contributed by atoms with E-state index in [9.17, 15) is 0 Å². The zero-order chi connectivity index (χ0) is 12.1. The zero-order valence-corrected chi connectivity index (χ0v) is 11.2. The van der Waals surface area contributed by atoms with Gasteiger partial charge in [0.15, 0.2) is 0 Å². The molecule has 0 heterocycles. The highest BCUT2D eigenvalue weighted by Gasteiger charge is 2.16. The van der Waals surface area contributed by atoms with Crippen molar-refractivity contribution < 1.29 is 0 Å². The molecule has 1 N–H and O–H groups in total. The van der Waals surface area contributed by atoms with Crippen LogP contribution in [0.4, 0.5) is 0 Å². The van der Waals surface area contributed by atoms with Crippen molar-refractivity contribution in [3.05, 3.63) is 35.4 Å². The van der Waals surface area contributed by atoms with Crippen LogP contribution in [-0.2, 0) is 6.42 Å². The molecular formula is C16H25N. The fourth-order valence-electron chi connectivity index (χ4n) is 2.45. The average Bonchev–Trinajstić information content (AvgIpc) is 2.32. The van der Waals surface area contributed by atoms with Gasteiger partial charge in [-0.3, -0.25) is 0 Å². The topological polar surface area (TPSA) is 12.0 Å². The minimum Gasteiger partial charge on any atom is -0.310 e. The van der Waals surface area contributed by atoms with E-state index in [-0.39, 0.29) is 0 Å². The summed E-state index contributed by atoms with van der Waals surface area (Å²) in [5, 5.41) is 3.64. The third kappa shape index (κ3) is 3.57. The van der Waals surface area contributed by atoms with Crippen molar-refractivity contribution >= 4 is 0 Å². The lowest BCUT2D eigenvalue weighted by Gasteiger charge is -2.26. The number of hydrogen-bond acceptors (Lipinski definition) is 1. The second-order valence-corrected chi connectivity index (χ2v) is 5.36. The minimum atomic E-state index is 0.487. The van der Waals surface area contributed by atoms with E-state index in [0.717, 1.165) is 12.3 Å². The van der Waals surface area contributed by atoms with Crippen LogP contribution in [0.3, 0.4) is 0 Å². The van der Waals surface area contributed by atoms with Crippen LogP contribution in [-0.4, -0.2) is 6.54 Å². The summed E-state index contributed by atoms with van der Waals surface area (Å²) in [6, 6.07) is 9.51. The van der Waals surface area contributed by atoms with Crippen LogP contribution in [0.1, 0.15) is 56.7 Å². The van der Waals surface area contributed by atoms with E-state index in [0.29, 0.717) is 6.04 Å². The Morgan fingerprint density at radius 1 is 1.24 bits per heavy atom.